The molecule has 3 rings (SSSR count). The van der Waals surface area contributed by atoms with Gasteiger partial charge >= 0.3 is 0 Å². The van der Waals surface area contributed by atoms with Crippen LogP contribution < -0.4 is 0 Å². The Bertz CT molecular complexity index is 757. The van der Waals surface area contributed by atoms with E-state index in [1.54, 1.807) is 0 Å². The normalized spacial score (nSPS) is 19.8. The molecule has 23 heavy (non-hydrogen) atoms. The molecular formula is C21H22O2. The van der Waals surface area contributed by atoms with Crippen LogP contribution >= 0.6 is 0 Å². The van der Waals surface area contributed by atoms with E-state index in [0.717, 1.165) is 12.8 Å². The average molecular weight is 306 g/mol. The molecule has 0 spiro atoms. The van der Waals surface area contributed by atoms with Crippen molar-refractivity contribution in [3.8, 4) is 0 Å². The van der Waals surface area contributed by atoms with Gasteiger partial charge in [-0.15, -0.1) is 0 Å². The minimum atomic E-state index is -0.482. The smallest absolute Gasteiger partial charge is 0.158 e. The number of carbonyl (C=O) groups excluding carboxylic acids is 1. The molecule has 0 aromatic heterocycles. The second-order valence-corrected chi connectivity index (χ2v) is 6.27. The second kappa shape index (κ2) is 6.93. The Balaban J connectivity index is 1.56. The quantitative estimate of drug-likeness (QED) is 0.663. The third-order valence-electron chi connectivity index (χ3n) is 4.60. The Labute approximate surface area is 137 Å². The fraction of sp³-hybridized carbons (Fsp3) is 0.286. The summed E-state index contributed by atoms with van der Waals surface area (Å²) >= 11 is 0. The van der Waals surface area contributed by atoms with E-state index in [9.17, 15) is 9.90 Å². The summed E-state index contributed by atoms with van der Waals surface area (Å²) in [6.07, 6.45) is 6.20. The number of ketones is 1. The summed E-state index contributed by atoms with van der Waals surface area (Å²) in [6, 6.07) is 14.7. The summed E-state index contributed by atoms with van der Waals surface area (Å²) in [7, 11) is 0. The molecule has 1 saturated carbocycles. The number of aliphatic hydroxyl groups excluding tert-OH is 1. The molecule has 1 aliphatic rings. The van der Waals surface area contributed by atoms with Crippen molar-refractivity contribution in [3.63, 3.8) is 0 Å². The first kappa shape index (κ1) is 15.7. The summed E-state index contributed by atoms with van der Waals surface area (Å²) in [5.74, 6) is 0.267. The second-order valence-electron chi connectivity index (χ2n) is 6.27. The number of benzene rings is 2. The lowest BCUT2D eigenvalue weighted by molar-refractivity contribution is -0.114. The third kappa shape index (κ3) is 3.77. The molecule has 0 aliphatic heterocycles. The van der Waals surface area contributed by atoms with Crippen LogP contribution in [0.25, 0.3) is 10.8 Å². The van der Waals surface area contributed by atoms with Crippen molar-refractivity contribution in [2.24, 2.45) is 5.92 Å². The minimum Gasteiger partial charge on any atom is -0.389 e. The number of aryl methyl sites for hydroxylation is 1. The van der Waals surface area contributed by atoms with Crippen molar-refractivity contribution in [2.75, 3.05) is 0 Å². The van der Waals surface area contributed by atoms with Crippen LogP contribution in [-0.2, 0) is 11.2 Å². The SMILES string of the molecule is C=C1C(=O)CC[C@@H]1/C=C/C(O)CCc1ccc2ccccc2c1. The largest absolute Gasteiger partial charge is 0.389 e. The van der Waals surface area contributed by atoms with Gasteiger partial charge in [0.15, 0.2) is 5.78 Å². The third-order valence-corrected chi connectivity index (χ3v) is 4.60. The van der Waals surface area contributed by atoms with Crippen LogP contribution in [0.15, 0.2) is 66.8 Å². The molecular weight excluding hydrogens is 284 g/mol. The Hall–Kier alpha value is -2.19. The number of Topliss-reactive ketones (excluding diaryl/α,β-unsaturated/α-hetero) is 1. The van der Waals surface area contributed by atoms with E-state index in [-0.39, 0.29) is 11.7 Å². The van der Waals surface area contributed by atoms with Gasteiger partial charge in [0, 0.05) is 12.3 Å². The number of hydrogen-bond acceptors (Lipinski definition) is 2. The number of allylic oxidation sites excluding steroid dienone is 2. The number of fused-ring (bicyclic) bond motifs is 1. The van der Waals surface area contributed by atoms with Crippen molar-refractivity contribution in [1.82, 2.24) is 0 Å². The predicted molar refractivity (Wildman–Crippen MR) is 94.3 cm³/mol. The van der Waals surface area contributed by atoms with E-state index < -0.39 is 6.10 Å². The zero-order valence-electron chi connectivity index (χ0n) is 13.2. The summed E-state index contributed by atoms with van der Waals surface area (Å²) in [4.78, 5) is 11.5. The van der Waals surface area contributed by atoms with E-state index in [1.807, 2.05) is 24.3 Å². The van der Waals surface area contributed by atoms with Gasteiger partial charge in [-0.2, -0.15) is 0 Å². The van der Waals surface area contributed by atoms with Crippen LogP contribution in [-0.4, -0.2) is 17.0 Å². The van der Waals surface area contributed by atoms with Gasteiger partial charge in [-0.1, -0.05) is 61.2 Å². The molecule has 0 bridgehead atoms. The first-order valence-electron chi connectivity index (χ1n) is 8.19. The Kier molecular flexibility index (Phi) is 4.73. The number of carbonyl (C=O) groups is 1. The van der Waals surface area contributed by atoms with Gasteiger partial charge in [0.05, 0.1) is 6.10 Å². The molecule has 2 atom stereocenters. The first-order chi connectivity index (χ1) is 11.1. The van der Waals surface area contributed by atoms with Crippen molar-refractivity contribution in [2.45, 2.75) is 31.8 Å². The molecule has 1 fully saturated rings. The fourth-order valence-electron chi connectivity index (χ4n) is 3.11. The maximum atomic E-state index is 11.5. The van der Waals surface area contributed by atoms with Gasteiger partial charge in [-0.05, 0) is 41.2 Å². The Morgan fingerprint density at radius 2 is 2.00 bits per heavy atom. The van der Waals surface area contributed by atoms with Crippen molar-refractivity contribution >= 4 is 16.6 Å². The standard InChI is InChI=1S/C21H22O2/c1-15-17(10-13-21(15)23)9-12-20(22)11-7-16-6-8-18-4-2-3-5-19(18)14-16/h2-6,8-9,12,14,17,20,22H,1,7,10-11,13H2/b12-9+/t17-,20?/m0/s1. The topological polar surface area (TPSA) is 37.3 Å². The lowest BCUT2D eigenvalue weighted by Gasteiger charge is -2.08. The van der Waals surface area contributed by atoms with Gasteiger partial charge < -0.3 is 5.11 Å². The molecule has 1 N–H and O–H groups in total. The van der Waals surface area contributed by atoms with Crippen LogP contribution in [0.3, 0.4) is 0 Å². The van der Waals surface area contributed by atoms with E-state index >= 15 is 0 Å². The molecule has 2 nitrogen and oxygen atoms in total. The molecule has 118 valence electrons. The Morgan fingerprint density at radius 1 is 1.22 bits per heavy atom. The van der Waals surface area contributed by atoms with Crippen LogP contribution in [0, 0.1) is 5.92 Å². The number of aliphatic hydroxyl groups is 1. The van der Waals surface area contributed by atoms with Gasteiger partial charge in [-0.25, -0.2) is 0 Å². The lowest BCUT2D eigenvalue weighted by Crippen LogP contribution is -2.05. The summed E-state index contributed by atoms with van der Waals surface area (Å²) in [5, 5.41) is 12.6. The predicted octanol–water partition coefficient (Wildman–Crippen LogP) is 4.22. The van der Waals surface area contributed by atoms with E-state index in [4.69, 9.17) is 0 Å². The molecule has 1 aliphatic carbocycles. The highest BCUT2D eigenvalue weighted by Gasteiger charge is 2.24. The van der Waals surface area contributed by atoms with Crippen molar-refractivity contribution < 1.29 is 9.90 Å². The van der Waals surface area contributed by atoms with Crippen molar-refractivity contribution in [1.29, 1.82) is 0 Å². The fourth-order valence-corrected chi connectivity index (χ4v) is 3.11. The van der Waals surface area contributed by atoms with Crippen LogP contribution in [0.1, 0.15) is 24.8 Å². The van der Waals surface area contributed by atoms with Crippen LogP contribution in [0.5, 0.6) is 0 Å². The molecule has 2 aromatic rings. The molecule has 0 saturated heterocycles. The maximum absolute atomic E-state index is 11.5. The van der Waals surface area contributed by atoms with E-state index in [1.165, 1.54) is 16.3 Å². The summed E-state index contributed by atoms with van der Waals surface area (Å²) < 4.78 is 0. The molecule has 2 heteroatoms. The molecule has 2 aromatic carbocycles. The molecule has 0 amide bonds. The molecule has 0 heterocycles. The highest BCUT2D eigenvalue weighted by atomic mass is 16.3. The van der Waals surface area contributed by atoms with Crippen LogP contribution in [0.4, 0.5) is 0 Å². The maximum Gasteiger partial charge on any atom is 0.158 e. The zero-order valence-corrected chi connectivity index (χ0v) is 13.2. The van der Waals surface area contributed by atoms with Gasteiger partial charge in [-0.3, -0.25) is 4.79 Å². The van der Waals surface area contributed by atoms with Crippen molar-refractivity contribution in [3.05, 3.63) is 72.3 Å². The average Bonchev–Trinajstić information content (AvgIpc) is 2.89. The number of rotatable bonds is 5. The lowest BCUT2D eigenvalue weighted by atomic mass is 10.00. The highest BCUT2D eigenvalue weighted by molar-refractivity contribution is 5.97. The Morgan fingerprint density at radius 3 is 2.74 bits per heavy atom. The monoisotopic (exact) mass is 306 g/mol. The van der Waals surface area contributed by atoms with Gasteiger partial charge in [0.1, 0.15) is 0 Å². The van der Waals surface area contributed by atoms with Crippen LogP contribution in [0.2, 0.25) is 0 Å². The first-order valence-corrected chi connectivity index (χ1v) is 8.19. The zero-order chi connectivity index (χ0) is 16.2. The van der Waals surface area contributed by atoms with E-state index in [0.29, 0.717) is 18.4 Å². The van der Waals surface area contributed by atoms with Gasteiger partial charge in [0.2, 0.25) is 0 Å². The highest BCUT2D eigenvalue weighted by Crippen LogP contribution is 2.27. The number of hydrogen-bond donors (Lipinski definition) is 1. The van der Waals surface area contributed by atoms with E-state index in [2.05, 4.69) is 36.9 Å². The summed E-state index contributed by atoms with van der Waals surface area (Å²) in [5.41, 5.74) is 1.92. The minimum absolute atomic E-state index is 0.109. The molecule has 0 radical (unpaired) electrons. The molecule has 1 unspecified atom stereocenters. The van der Waals surface area contributed by atoms with Gasteiger partial charge in [0.25, 0.3) is 0 Å². The summed E-state index contributed by atoms with van der Waals surface area (Å²) in [6.45, 7) is 3.83.